The Morgan fingerprint density at radius 1 is 0.465 bits per heavy atom. The number of pyridine rings is 2. The molecular formula is C39H70N4+2. The van der Waals surface area contributed by atoms with Crippen molar-refractivity contribution in [1.29, 1.82) is 0 Å². The molecule has 0 aliphatic heterocycles. The molecule has 244 valence electrons. The second kappa shape index (κ2) is 25.2. The summed E-state index contributed by atoms with van der Waals surface area (Å²) in [6, 6.07) is 8.99. The molecule has 0 saturated heterocycles. The van der Waals surface area contributed by atoms with Gasteiger partial charge in [-0.05, 0) is 37.5 Å². The highest BCUT2D eigenvalue weighted by atomic mass is 14.9. The van der Waals surface area contributed by atoms with Crippen molar-refractivity contribution in [2.24, 2.45) is 11.8 Å². The zero-order chi connectivity index (χ0) is 30.8. The maximum absolute atomic E-state index is 3.63. The van der Waals surface area contributed by atoms with Gasteiger partial charge in [0.15, 0.2) is 24.8 Å². The maximum Gasteiger partial charge on any atom is 0.170 e. The van der Waals surface area contributed by atoms with Crippen LogP contribution in [0.15, 0.2) is 49.1 Å². The van der Waals surface area contributed by atoms with E-state index in [2.05, 4.69) is 96.5 Å². The second-order valence-corrected chi connectivity index (χ2v) is 13.1. The Labute approximate surface area is 267 Å². The topological polar surface area (TPSA) is 31.8 Å². The van der Waals surface area contributed by atoms with Gasteiger partial charge in [-0.15, -0.1) is 0 Å². The lowest BCUT2D eigenvalue weighted by Crippen LogP contribution is -2.32. The fourth-order valence-electron chi connectivity index (χ4n) is 6.21. The van der Waals surface area contributed by atoms with Gasteiger partial charge < -0.3 is 10.6 Å². The normalized spacial score (nSPS) is 12.7. The molecular weight excluding hydrogens is 524 g/mol. The molecule has 43 heavy (non-hydrogen) atoms. The fourth-order valence-corrected chi connectivity index (χ4v) is 6.21. The van der Waals surface area contributed by atoms with Gasteiger partial charge in [-0.1, -0.05) is 111 Å². The highest BCUT2D eigenvalue weighted by Crippen LogP contribution is 2.18. The number of hydrogen-bond donors (Lipinski definition) is 2. The van der Waals surface area contributed by atoms with Crippen molar-refractivity contribution in [3.05, 3.63) is 49.1 Å². The van der Waals surface area contributed by atoms with Gasteiger partial charge in [0.2, 0.25) is 0 Å². The number of unbranched alkanes of at least 4 members (excludes halogenated alkanes) is 10. The molecule has 0 aromatic carbocycles. The first-order valence-electron chi connectivity index (χ1n) is 18.6. The smallest absolute Gasteiger partial charge is 0.170 e. The van der Waals surface area contributed by atoms with Crippen molar-refractivity contribution < 1.29 is 9.13 Å². The Morgan fingerprint density at radius 3 is 1.14 bits per heavy atom. The van der Waals surface area contributed by atoms with Crippen LogP contribution >= 0.6 is 0 Å². The molecule has 0 amide bonds. The minimum Gasteiger partial charge on any atom is -0.385 e. The van der Waals surface area contributed by atoms with Crippen LogP contribution in [0.1, 0.15) is 150 Å². The highest BCUT2D eigenvalue weighted by Gasteiger charge is 2.08. The lowest BCUT2D eigenvalue weighted by molar-refractivity contribution is -0.697. The van der Waals surface area contributed by atoms with Crippen molar-refractivity contribution in [3.63, 3.8) is 0 Å². The van der Waals surface area contributed by atoms with Gasteiger partial charge in [0, 0.05) is 61.6 Å². The van der Waals surface area contributed by atoms with Crippen molar-refractivity contribution in [3.8, 4) is 0 Å². The number of anilines is 2. The lowest BCUT2D eigenvalue weighted by atomic mass is 9.96. The Kier molecular flexibility index (Phi) is 21.8. The van der Waals surface area contributed by atoms with Crippen LogP contribution in [0.25, 0.3) is 0 Å². The number of aryl methyl sites for hydroxylation is 2. The molecule has 0 bridgehead atoms. The summed E-state index contributed by atoms with van der Waals surface area (Å²) in [5.74, 6) is 1.75. The largest absolute Gasteiger partial charge is 0.385 e. The van der Waals surface area contributed by atoms with E-state index in [-0.39, 0.29) is 0 Å². The molecule has 0 spiro atoms. The molecule has 0 aliphatic rings. The van der Waals surface area contributed by atoms with E-state index in [1.807, 2.05) is 0 Å². The van der Waals surface area contributed by atoms with Crippen molar-refractivity contribution >= 4 is 11.4 Å². The SMILES string of the molecule is CCCCC(CC)CCNc1cc[n+](CCCCCCCCCCC[n+]2ccc(NCCC(CC)CCCC)cc2)cc1. The number of aromatic nitrogens is 2. The summed E-state index contributed by atoms with van der Waals surface area (Å²) in [5.41, 5.74) is 2.53. The van der Waals surface area contributed by atoms with Crippen LogP contribution in [0.4, 0.5) is 11.4 Å². The predicted octanol–water partition coefficient (Wildman–Crippen LogP) is 10.5. The average Bonchev–Trinajstić information content (AvgIpc) is 3.04. The van der Waals surface area contributed by atoms with E-state index in [4.69, 9.17) is 0 Å². The van der Waals surface area contributed by atoms with Crippen LogP contribution in [-0.2, 0) is 13.1 Å². The summed E-state index contributed by atoms with van der Waals surface area (Å²) in [7, 11) is 0. The summed E-state index contributed by atoms with van der Waals surface area (Å²) in [4.78, 5) is 0. The lowest BCUT2D eigenvalue weighted by Gasteiger charge is -2.15. The van der Waals surface area contributed by atoms with Gasteiger partial charge in [-0.2, -0.15) is 0 Å². The molecule has 2 unspecified atom stereocenters. The van der Waals surface area contributed by atoms with Gasteiger partial charge in [-0.25, -0.2) is 9.13 Å². The molecule has 0 fully saturated rings. The van der Waals surface area contributed by atoms with E-state index in [0.29, 0.717) is 0 Å². The molecule has 2 aromatic heterocycles. The van der Waals surface area contributed by atoms with Crippen molar-refractivity contribution in [1.82, 2.24) is 0 Å². The molecule has 4 heteroatoms. The molecule has 2 atom stereocenters. The molecule has 2 rings (SSSR count). The molecule has 0 radical (unpaired) electrons. The fraction of sp³-hybridized carbons (Fsp3) is 0.744. The molecule has 2 N–H and O–H groups in total. The number of nitrogens with zero attached hydrogens (tertiary/aromatic N) is 2. The summed E-state index contributed by atoms with van der Waals surface area (Å²) in [6.07, 6.45) is 34.6. The van der Waals surface area contributed by atoms with Crippen LogP contribution in [0, 0.1) is 11.8 Å². The van der Waals surface area contributed by atoms with E-state index in [1.54, 1.807) is 0 Å². The maximum atomic E-state index is 3.63. The van der Waals surface area contributed by atoms with Gasteiger partial charge >= 0.3 is 0 Å². The third kappa shape index (κ3) is 18.3. The Morgan fingerprint density at radius 2 is 0.814 bits per heavy atom. The number of hydrogen-bond acceptors (Lipinski definition) is 2. The van der Waals surface area contributed by atoms with E-state index in [9.17, 15) is 0 Å². The van der Waals surface area contributed by atoms with Crippen LogP contribution in [-0.4, -0.2) is 13.1 Å². The Balaban J connectivity index is 1.42. The first-order valence-corrected chi connectivity index (χ1v) is 18.6. The van der Waals surface area contributed by atoms with E-state index < -0.39 is 0 Å². The second-order valence-electron chi connectivity index (χ2n) is 13.1. The molecule has 4 nitrogen and oxygen atoms in total. The van der Waals surface area contributed by atoms with E-state index in [1.165, 1.54) is 133 Å². The van der Waals surface area contributed by atoms with Crippen molar-refractivity contribution in [2.75, 3.05) is 23.7 Å². The summed E-state index contributed by atoms with van der Waals surface area (Å²) in [6.45, 7) is 13.7. The quantitative estimate of drug-likeness (QED) is 0.0758. The Bertz CT molecular complexity index is 806. The molecule has 2 heterocycles. The van der Waals surface area contributed by atoms with E-state index >= 15 is 0 Å². The van der Waals surface area contributed by atoms with Gasteiger partial charge in [0.1, 0.15) is 13.1 Å². The van der Waals surface area contributed by atoms with E-state index in [0.717, 1.165) is 38.0 Å². The highest BCUT2D eigenvalue weighted by molar-refractivity contribution is 5.40. The third-order valence-electron chi connectivity index (χ3n) is 9.46. The van der Waals surface area contributed by atoms with Crippen LogP contribution in [0.5, 0.6) is 0 Å². The molecule has 2 aromatic rings. The molecule has 0 saturated carbocycles. The predicted molar refractivity (Wildman–Crippen MR) is 188 cm³/mol. The van der Waals surface area contributed by atoms with Crippen LogP contribution in [0.3, 0.4) is 0 Å². The number of rotatable bonds is 28. The van der Waals surface area contributed by atoms with Gasteiger partial charge in [0.25, 0.3) is 0 Å². The summed E-state index contributed by atoms with van der Waals surface area (Å²) in [5, 5.41) is 7.26. The van der Waals surface area contributed by atoms with Gasteiger partial charge in [-0.3, -0.25) is 0 Å². The number of nitrogens with one attached hydrogen (secondary N) is 2. The van der Waals surface area contributed by atoms with Crippen molar-refractivity contribution in [2.45, 2.75) is 163 Å². The molecule has 0 aliphatic carbocycles. The third-order valence-corrected chi connectivity index (χ3v) is 9.46. The zero-order valence-corrected chi connectivity index (χ0v) is 28.9. The summed E-state index contributed by atoms with van der Waals surface area (Å²) >= 11 is 0. The van der Waals surface area contributed by atoms with Crippen LogP contribution in [0.2, 0.25) is 0 Å². The standard InChI is InChI=1S/C39H68N4/c1-5-9-20-36(7-3)22-28-40-38-24-32-42(33-25-38)30-18-16-14-12-11-13-15-17-19-31-43-34-26-39(27-35-43)41-29-23-37(8-4)21-10-6-2/h24-27,32-37H,5-23,28-31H2,1-4H3/p+2. The zero-order valence-electron chi connectivity index (χ0n) is 28.9. The monoisotopic (exact) mass is 595 g/mol. The Hall–Kier alpha value is -2.10. The average molecular weight is 595 g/mol. The summed E-state index contributed by atoms with van der Waals surface area (Å²) < 4.78 is 4.70. The first-order chi connectivity index (χ1) is 21.2. The van der Waals surface area contributed by atoms with Crippen LogP contribution < -0.4 is 19.8 Å². The first kappa shape index (κ1) is 37.1. The van der Waals surface area contributed by atoms with Gasteiger partial charge in [0.05, 0.1) is 0 Å². The minimum atomic E-state index is 0.875. The minimum absolute atomic E-state index is 0.875.